The van der Waals surface area contributed by atoms with E-state index in [-0.39, 0.29) is 5.78 Å². The van der Waals surface area contributed by atoms with Crippen molar-refractivity contribution >= 4 is 17.4 Å². The molecule has 0 amide bonds. The van der Waals surface area contributed by atoms with Crippen LogP contribution in [0.15, 0.2) is 30.0 Å². The molecule has 0 aliphatic carbocycles. The Labute approximate surface area is 98.6 Å². The van der Waals surface area contributed by atoms with Crippen LogP contribution in [0.2, 0.25) is 5.02 Å². The predicted molar refractivity (Wildman–Crippen MR) is 61.0 cm³/mol. The number of allylic oxidation sites excluding steroid dienone is 1. The summed E-state index contributed by atoms with van der Waals surface area (Å²) in [5.74, 6) is 0.697. The quantitative estimate of drug-likeness (QED) is 0.760. The van der Waals surface area contributed by atoms with Crippen LogP contribution in [-0.2, 0) is 4.74 Å². The van der Waals surface area contributed by atoms with Crippen LogP contribution in [0.5, 0.6) is 5.75 Å². The molecule has 4 heteroatoms. The number of carbonyl (C=O) groups excluding carboxylic acids is 1. The van der Waals surface area contributed by atoms with E-state index >= 15 is 0 Å². The van der Waals surface area contributed by atoms with Crippen LogP contribution in [0.3, 0.4) is 0 Å². The van der Waals surface area contributed by atoms with Crippen LogP contribution in [0.1, 0.15) is 16.8 Å². The molecule has 84 valence electrons. The molecule has 3 nitrogen and oxygen atoms in total. The van der Waals surface area contributed by atoms with Gasteiger partial charge in [0, 0.05) is 11.4 Å². The summed E-state index contributed by atoms with van der Waals surface area (Å²) >= 11 is 5.86. The molecule has 1 aliphatic rings. The van der Waals surface area contributed by atoms with Gasteiger partial charge in [-0.3, -0.25) is 4.79 Å². The average molecular weight is 239 g/mol. The van der Waals surface area contributed by atoms with E-state index in [9.17, 15) is 4.79 Å². The maximum absolute atomic E-state index is 12.0. The number of Topliss-reactive ketones (excluding diaryl/α,β-unsaturated/α-hetero) is 1. The van der Waals surface area contributed by atoms with E-state index in [4.69, 9.17) is 21.1 Å². The fourth-order valence-electron chi connectivity index (χ4n) is 1.57. The molecule has 0 saturated heterocycles. The minimum absolute atomic E-state index is 0.183. The fraction of sp³-hybridized carbons (Fsp3) is 0.250. The average Bonchev–Trinajstić information content (AvgIpc) is 2.81. The minimum atomic E-state index is -0.183. The summed E-state index contributed by atoms with van der Waals surface area (Å²) < 4.78 is 10.3. The second kappa shape index (κ2) is 4.58. The van der Waals surface area contributed by atoms with Crippen molar-refractivity contribution in [3.63, 3.8) is 0 Å². The number of carbonyl (C=O) groups is 1. The monoisotopic (exact) mass is 238 g/mol. The molecular weight excluding hydrogens is 228 g/mol. The van der Waals surface area contributed by atoms with Gasteiger partial charge >= 0.3 is 0 Å². The number of halogens is 1. The highest BCUT2D eigenvalue weighted by Gasteiger charge is 2.20. The summed E-state index contributed by atoms with van der Waals surface area (Å²) in [6, 6.07) is 4.94. The SMILES string of the molecule is COc1ccc(Cl)cc1C(=O)C1=CCCO1. The Morgan fingerprint density at radius 2 is 2.31 bits per heavy atom. The summed E-state index contributed by atoms with van der Waals surface area (Å²) in [6.07, 6.45) is 2.55. The molecule has 0 saturated carbocycles. The number of benzene rings is 1. The zero-order valence-electron chi connectivity index (χ0n) is 8.83. The van der Waals surface area contributed by atoms with Gasteiger partial charge in [-0.05, 0) is 24.3 Å². The first-order valence-corrected chi connectivity index (χ1v) is 5.31. The molecule has 16 heavy (non-hydrogen) atoms. The lowest BCUT2D eigenvalue weighted by Crippen LogP contribution is -2.06. The molecule has 1 aromatic rings. The normalized spacial score (nSPS) is 14.2. The van der Waals surface area contributed by atoms with Gasteiger partial charge < -0.3 is 9.47 Å². The van der Waals surface area contributed by atoms with Gasteiger partial charge in [0.25, 0.3) is 0 Å². The molecule has 1 aliphatic heterocycles. The van der Waals surface area contributed by atoms with Crippen molar-refractivity contribution in [1.29, 1.82) is 0 Å². The fourth-order valence-corrected chi connectivity index (χ4v) is 1.74. The number of methoxy groups -OCH3 is 1. The molecule has 0 bridgehead atoms. The van der Waals surface area contributed by atoms with E-state index in [1.807, 2.05) is 0 Å². The van der Waals surface area contributed by atoms with E-state index in [1.165, 1.54) is 7.11 Å². The molecule has 2 rings (SSSR count). The highest BCUT2D eigenvalue weighted by molar-refractivity contribution is 6.31. The first-order valence-electron chi connectivity index (χ1n) is 4.93. The van der Waals surface area contributed by atoms with Gasteiger partial charge in [-0.25, -0.2) is 0 Å². The summed E-state index contributed by atoms with van der Waals surface area (Å²) in [5, 5.41) is 0.503. The van der Waals surface area contributed by atoms with Crippen LogP contribution in [0.25, 0.3) is 0 Å². The zero-order valence-corrected chi connectivity index (χ0v) is 9.58. The molecule has 0 atom stereocenters. The van der Waals surface area contributed by atoms with Crippen LogP contribution in [0.4, 0.5) is 0 Å². The van der Waals surface area contributed by atoms with Crippen molar-refractivity contribution in [3.8, 4) is 5.75 Å². The van der Waals surface area contributed by atoms with E-state index in [2.05, 4.69) is 0 Å². The van der Waals surface area contributed by atoms with Gasteiger partial charge in [0.15, 0.2) is 5.76 Å². The maximum Gasteiger partial charge on any atom is 0.230 e. The zero-order chi connectivity index (χ0) is 11.5. The number of ketones is 1. The van der Waals surface area contributed by atoms with E-state index in [0.29, 0.717) is 28.7 Å². The summed E-state index contributed by atoms with van der Waals surface area (Å²) in [6.45, 7) is 0.559. The molecule has 0 aromatic heterocycles. The third kappa shape index (κ3) is 2.04. The van der Waals surface area contributed by atoms with Crippen LogP contribution >= 0.6 is 11.6 Å². The third-order valence-corrected chi connectivity index (χ3v) is 2.57. The molecule has 0 radical (unpaired) electrons. The second-order valence-electron chi connectivity index (χ2n) is 3.38. The van der Waals surface area contributed by atoms with Crippen molar-refractivity contribution in [2.75, 3.05) is 13.7 Å². The van der Waals surface area contributed by atoms with Crippen molar-refractivity contribution in [1.82, 2.24) is 0 Å². The summed E-state index contributed by atoms with van der Waals surface area (Å²) in [4.78, 5) is 12.0. The topological polar surface area (TPSA) is 35.5 Å². The molecule has 0 spiro atoms. The van der Waals surface area contributed by atoms with Crippen molar-refractivity contribution in [2.24, 2.45) is 0 Å². The minimum Gasteiger partial charge on any atom is -0.496 e. The van der Waals surface area contributed by atoms with Gasteiger partial charge in [-0.1, -0.05) is 11.6 Å². The first-order chi connectivity index (χ1) is 7.72. The molecule has 0 unspecified atom stereocenters. The van der Waals surface area contributed by atoms with Gasteiger partial charge in [0.1, 0.15) is 5.75 Å². The second-order valence-corrected chi connectivity index (χ2v) is 3.82. The molecule has 1 aromatic carbocycles. The highest BCUT2D eigenvalue weighted by atomic mass is 35.5. The van der Waals surface area contributed by atoms with E-state index < -0.39 is 0 Å². The van der Waals surface area contributed by atoms with E-state index in [1.54, 1.807) is 24.3 Å². The number of hydrogen-bond acceptors (Lipinski definition) is 3. The Hall–Kier alpha value is -1.48. The Bertz CT molecular complexity index is 452. The highest BCUT2D eigenvalue weighted by Crippen LogP contribution is 2.26. The predicted octanol–water partition coefficient (Wildman–Crippen LogP) is 2.84. The number of hydrogen-bond donors (Lipinski definition) is 0. The van der Waals surface area contributed by atoms with Crippen LogP contribution in [0, 0.1) is 0 Å². The standard InChI is InChI=1S/C12H11ClO3/c1-15-10-5-4-8(13)7-9(10)12(14)11-3-2-6-16-11/h3-5,7H,2,6H2,1H3. The lowest BCUT2D eigenvalue weighted by molar-refractivity contribution is 0.0939. The van der Waals surface area contributed by atoms with Crippen LogP contribution in [-0.4, -0.2) is 19.5 Å². The third-order valence-electron chi connectivity index (χ3n) is 2.34. The van der Waals surface area contributed by atoms with Crippen LogP contribution < -0.4 is 4.74 Å². The maximum atomic E-state index is 12.0. The Morgan fingerprint density at radius 1 is 1.50 bits per heavy atom. The first kappa shape index (κ1) is 11.0. The number of rotatable bonds is 3. The van der Waals surface area contributed by atoms with Crippen molar-refractivity contribution in [2.45, 2.75) is 6.42 Å². The molecule has 1 heterocycles. The molecular formula is C12H11ClO3. The largest absolute Gasteiger partial charge is 0.496 e. The van der Waals surface area contributed by atoms with Gasteiger partial charge in [-0.2, -0.15) is 0 Å². The van der Waals surface area contributed by atoms with Gasteiger partial charge in [0.2, 0.25) is 5.78 Å². The van der Waals surface area contributed by atoms with Crippen molar-refractivity contribution in [3.05, 3.63) is 40.6 Å². The summed E-state index contributed by atoms with van der Waals surface area (Å²) in [5.41, 5.74) is 0.433. The lowest BCUT2D eigenvalue weighted by Gasteiger charge is -2.08. The van der Waals surface area contributed by atoms with Gasteiger partial charge in [-0.15, -0.1) is 0 Å². The smallest absolute Gasteiger partial charge is 0.230 e. The number of ether oxygens (including phenoxy) is 2. The Morgan fingerprint density at radius 3 is 2.94 bits per heavy atom. The molecule has 0 N–H and O–H groups in total. The summed E-state index contributed by atoms with van der Waals surface area (Å²) in [7, 11) is 1.52. The molecule has 0 fully saturated rings. The Balaban J connectivity index is 2.38. The Kier molecular flexibility index (Phi) is 3.15. The van der Waals surface area contributed by atoms with Gasteiger partial charge in [0.05, 0.1) is 19.3 Å². The van der Waals surface area contributed by atoms with E-state index in [0.717, 1.165) is 6.42 Å². The van der Waals surface area contributed by atoms with Crippen molar-refractivity contribution < 1.29 is 14.3 Å². The lowest BCUT2D eigenvalue weighted by atomic mass is 10.1.